The molecule has 1 fully saturated rings. The quantitative estimate of drug-likeness (QED) is 0.703. The Hall–Kier alpha value is -2.13. The highest BCUT2D eigenvalue weighted by atomic mass is 32.2. The van der Waals surface area contributed by atoms with Crippen LogP contribution in [0.4, 0.5) is 0 Å². The molecule has 0 radical (unpaired) electrons. The van der Waals surface area contributed by atoms with Crippen LogP contribution < -0.4 is 5.32 Å². The summed E-state index contributed by atoms with van der Waals surface area (Å²) in [6.45, 7) is 2.05. The number of hydrogen-bond acceptors (Lipinski definition) is 8. The van der Waals surface area contributed by atoms with E-state index in [1.54, 1.807) is 18.4 Å². The van der Waals surface area contributed by atoms with E-state index >= 15 is 0 Å². The van der Waals surface area contributed by atoms with Gasteiger partial charge in [0.2, 0.25) is 11.7 Å². The molecule has 0 unspecified atom stereocenters. The monoisotopic (exact) mass is 346 g/mol. The van der Waals surface area contributed by atoms with Crippen LogP contribution in [0.25, 0.3) is 11.6 Å². The average Bonchev–Trinajstić information content (AvgIpc) is 3.35. The molecule has 0 saturated carbocycles. The lowest BCUT2D eigenvalue weighted by Crippen LogP contribution is -2.29. The van der Waals surface area contributed by atoms with Gasteiger partial charge in [0.05, 0.1) is 12.0 Å². The van der Waals surface area contributed by atoms with Crippen LogP contribution in [0, 0.1) is 0 Å². The number of nitrogens with zero attached hydrogens (tertiary/aromatic N) is 5. The minimum Gasteiger partial charge on any atom is -0.461 e. The van der Waals surface area contributed by atoms with Crippen molar-refractivity contribution in [3.63, 3.8) is 0 Å². The van der Waals surface area contributed by atoms with Crippen molar-refractivity contribution in [3.05, 3.63) is 30.1 Å². The second kappa shape index (κ2) is 6.78. The SMILES string of the molecule is Cn1c(SCc2nc(-c3ccco3)no2)nnc1[C@H]1CCCNC1. The molecule has 3 aromatic rings. The molecule has 9 heteroatoms. The number of nitrogens with one attached hydrogen (secondary N) is 1. The van der Waals surface area contributed by atoms with Gasteiger partial charge in [-0.3, -0.25) is 0 Å². The smallest absolute Gasteiger partial charge is 0.238 e. The van der Waals surface area contributed by atoms with Crippen molar-refractivity contribution in [1.29, 1.82) is 0 Å². The number of piperidine rings is 1. The fraction of sp³-hybridized carbons (Fsp3) is 0.467. The Labute approximate surface area is 143 Å². The van der Waals surface area contributed by atoms with Crippen molar-refractivity contribution in [2.24, 2.45) is 7.05 Å². The van der Waals surface area contributed by atoms with Gasteiger partial charge in [0.1, 0.15) is 5.82 Å². The summed E-state index contributed by atoms with van der Waals surface area (Å²) in [4.78, 5) is 4.33. The molecule has 3 aromatic heterocycles. The number of thioether (sulfide) groups is 1. The molecule has 4 rings (SSSR count). The fourth-order valence-corrected chi connectivity index (χ4v) is 3.58. The van der Waals surface area contributed by atoms with Crippen LogP contribution in [0.15, 0.2) is 32.5 Å². The third kappa shape index (κ3) is 3.09. The Kier molecular flexibility index (Phi) is 4.35. The zero-order valence-corrected chi connectivity index (χ0v) is 14.1. The number of hydrogen-bond donors (Lipinski definition) is 1. The van der Waals surface area contributed by atoms with Gasteiger partial charge in [0.15, 0.2) is 10.9 Å². The Morgan fingerprint density at radius 1 is 1.42 bits per heavy atom. The third-order valence-electron chi connectivity index (χ3n) is 4.07. The molecule has 0 aromatic carbocycles. The number of furan rings is 1. The van der Waals surface area contributed by atoms with Gasteiger partial charge in [-0.2, -0.15) is 4.98 Å². The van der Waals surface area contributed by atoms with Gasteiger partial charge < -0.3 is 18.8 Å². The summed E-state index contributed by atoms with van der Waals surface area (Å²) >= 11 is 1.54. The average molecular weight is 346 g/mol. The van der Waals surface area contributed by atoms with Crippen molar-refractivity contribution in [3.8, 4) is 11.6 Å². The van der Waals surface area contributed by atoms with Gasteiger partial charge in [-0.15, -0.1) is 10.2 Å². The van der Waals surface area contributed by atoms with Crippen molar-refractivity contribution >= 4 is 11.8 Å². The van der Waals surface area contributed by atoms with E-state index in [0.29, 0.717) is 29.1 Å². The number of aromatic nitrogens is 5. The Morgan fingerprint density at radius 2 is 2.38 bits per heavy atom. The summed E-state index contributed by atoms with van der Waals surface area (Å²) in [6.07, 6.45) is 3.92. The van der Waals surface area contributed by atoms with Gasteiger partial charge in [0.25, 0.3) is 0 Å². The van der Waals surface area contributed by atoms with Crippen LogP contribution in [0.5, 0.6) is 0 Å². The summed E-state index contributed by atoms with van der Waals surface area (Å²) in [5.74, 6) is 3.60. The Bertz CT molecular complexity index is 791. The highest BCUT2D eigenvalue weighted by Gasteiger charge is 2.22. The summed E-state index contributed by atoms with van der Waals surface area (Å²) in [5, 5.41) is 16.9. The van der Waals surface area contributed by atoms with E-state index in [9.17, 15) is 0 Å². The molecule has 1 aliphatic rings. The summed E-state index contributed by atoms with van der Waals surface area (Å²) in [6, 6.07) is 3.59. The summed E-state index contributed by atoms with van der Waals surface area (Å²) in [5.41, 5.74) is 0. The molecular formula is C15H18N6O2S. The molecule has 1 atom stereocenters. The van der Waals surface area contributed by atoms with E-state index in [1.807, 2.05) is 7.05 Å². The predicted octanol–water partition coefficient (Wildman–Crippen LogP) is 2.22. The van der Waals surface area contributed by atoms with Crippen LogP contribution in [0.3, 0.4) is 0 Å². The largest absolute Gasteiger partial charge is 0.461 e. The third-order valence-corrected chi connectivity index (χ3v) is 5.07. The molecule has 0 aliphatic carbocycles. The van der Waals surface area contributed by atoms with E-state index in [4.69, 9.17) is 8.94 Å². The maximum absolute atomic E-state index is 5.26. The van der Waals surface area contributed by atoms with Crippen LogP contribution in [0.1, 0.15) is 30.5 Å². The first-order valence-corrected chi connectivity index (χ1v) is 8.89. The van der Waals surface area contributed by atoms with Crippen molar-refractivity contribution in [1.82, 2.24) is 30.2 Å². The maximum atomic E-state index is 5.26. The molecule has 24 heavy (non-hydrogen) atoms. The van der Waals surface area contributed by atoms with Gasteiger partial charge in [0, 0.05) is 19.5 Å². The molecular weight excluding hydrogens is 328 g/mol. The lowest BCUT2D eigenvalue weighted by molar-refractivity contribution is 0.390. The molecule has 0 spiro atoms. The Balaban J connectivity index is 1.42. The molecule has 1 aliphatic heterocycles. The molecule has 4 heterocycles. The van der Waals surface area contributed by atoms with E-state index in [2.05, 4.69) is 30.2 Å². The normalized spacial score (nSPS) is 18.1. The lowest BCUT2D eigenvalue weighted by Gasteiger charge is -2.21. The Morgan fingerprint density at radius 3 is 3.17 bits per heavy atom. The minimum absolute atomic E-state index is 0.430. The number of rotatable bonds is 5. The van der Waals surface area contributed by atoms with E-state index in [0.717, 1.165) is 30.5 Å². The molecule has 0 amide bonds. The molecule has 1 N–H and O–H groups in total. The van der Waals surface area contributed by atoms with Crippen LogP contribution in [-0.2, 0) is 12.8 Å². The van der Waals surface area contributed by atoms with E-state index in [-0.39, 0.29) is 0 Å². The first-order chi connectivity index (χ1) is 11.8. The highest BCUT2D eigenvalue weighted by Crippen LogP contribution is 2.27. The second-order valence-corrected chi connectivity index (χ2v) is 6.66. The van der Waals surface area contributed by atoms with Crippen molar-refractivity contribution in [2.75, 3.05) is 13.1 Å². The van der Waals surface area contributed by atoms with E-state index in [1.165, 1.54) is 18.2 Å². The van der Waals surface area contributed by atoms with Crippen molar-refractivity contribution < 1.29 is 8.94 Å². The fourth-order valence-electron chi connectivity index (χ4n) is 2.83. The van der Waals surface area contributed by atoms with Gasteiger partial charge in [-0.05, 0) is 31.5 Å². The maximum Gasteiger partial charge on any atom is 0.238 e. The highest BCUT2D eigenvalue weighted by molar-refractivity contribution is 7.98. The first-order valence-electron chi connectivity index (χ1n) is 7.90. The predicted molar refractivity (Wildman–Crippen MR) is 87.4 cm³/mol. The first kappa shape index (κ1) is 15.4. The molecule has 1 saturated heterocycles. The molecule has 126 valence electrons. The zero-order valence-electron chi connectivity index (χ0n) is 13.3. The van der Waals surface area contributed by atoms with Crippen LogP contribution >= 0.6 is 11.8 Å². The second-order valence-electron chi connectivity index (χ2n) is 5.72. The minimum atomic E-state index is 0.430. The van der Waals surface area contributed by atoms with E-state index < -0.39 is 0 Å². The van der Waals surface area contributed by atoms with Gasteiger partial charge in [-0.1, -0.05) is 16.9 Å². The van der Waals surface area contributed by atoms with Crippen LogP contribution in [-0.4, -0.2) is 38.0 Å². The molecule has 8 nitrogen and oxygen atoms in total. The van der Waals surface area contributed by atoms with Gasteiger partial charge in [-0.25, -0.2) is 0 Å². The summed E-state index contributed by atoms with van der Waals surface area (Å²) < 4.78 is 12.6. The van der Waals surface area contributed by atoms with Crippen LogP contribution in [0.2, 0.25) is 0 Å². The summed E-state index contributed by atoms with van der Waals surface area (Å²) in [7, 11) is 2.01. The topological polar surface area (TPSA) is 94.8 Å². The van der Waals surface area contributed by atoms with Crippen molar-refractivity contribution in [2.45, 2.75) is 29.7 Å². The zero-order chi connectivity index (χ0) is 16.4. The molecule has 0 bridgehead atoms. The standard InChI is InChI=1S/C15H18N6O2S/c1-21-14(10-4-2-6-16-8-10)18-19-15(21)24-9-12-17-13(20-23-12)11-5-3-7-22-11/h3,5,7,10,16H,2,4,6,8-9H2,1H3/t10-/m0/s1. The lowest BCUT2D eigenvalue weighted by atomic mass is 9.99. The van der Waals surface area contributed by atoms with Gasteiger partial charge >= 0.3 is 0 Å².